The Morgan fingerprint density at radius 2 is 0.545 bits per heavy atom. The molecule has 0 rings (SSSR count). The topological polar surface area (TPSA) is 78.9 Å². The van der Waals surface area contributed by atoms with E-state index in [2.05, 4.69) is 57.2 Å². The molecule has 0 fully saturated rings. The average Bonchev–Trinajstić information content (AvgIpc) is 3.31. The number of ether oxygens (including phenoxy) is 3. The van der Waals surface area contributed by atoms with Crippen molar-refractivity contribution in [3.05, 3.63) is 36.5 Å². The van der Waals surface area contributed by atoms with Gasteiger partial charge in [-0.2, -0.15) is 0 Å². The Hall–Kier alpha value is -2.37. The van der Waals surface area contributed by atoms with Gasteiger partial charge in [-0.05, 0) is 70.6 Å². The van der Waals surface area contributed by atoms with Gasteiger partial charge in [0.25, 0.3) is 0 Å². The van der Waals surface area contributed by atoms with E-state index in [1.165, 1.54) is 186 Å². The van der Waals surface area contributed by atoms with E-state index in [1.54, 1.807) is 0 Å². The number of esters is 3. The van der Waals surface area contributed by atoms with E-state index in [1.807, 2.05) is 0 Å². The Labute approximate surface area is 410 Å². The van der Waals surface area contributed by atoms with E-state index < -0.39 is 6.10 Å². The maximum atomic E-state index is 12.8. The number of unbranched alkanes of at least 4 members (excludes halogenated alkanes) is 37. The zero-order chi connectivity index (χ0) is 47.9. The molecule has 0 saturated heterocycles. The summed E-state index contributed by atoms with van der Waals surface area (Å²) < 4.78 is 16.9. The van der Waals surface area contributed by atoms with E-state index in [4.69, 9.17) is 14.2 Å². The molecule has 0 N–H and O–H groups in total. The van der Waals surface area contributed by atoms with Crippen LogP contribution in [0.2, 0.25) is 0 Å². The molecule has 66 heavy (non-hydrogen) atoms. The first-order valence-corrected chi connectivity index (χ1v) is 29.0. The highest BCUT2D eigenvalue weighted by Gasteiger charge is 2.19. The summed E-state index contributed by atoms with van der Waals surface area (Å²) >= 11 is 0. The highest BCUT2D eigenvalue weighted by Crippen LogP contribution is 2.16. The molecule has 0 spiro atoms. The van der Waals surface area contributed by atoms with Crippen molar-refractivity contribution in [1.29, 1.82) is 0 Å². The summed E-state index contributed by atoms with van der Waals surface area (Å²) in [5.41, 5.74) is 0. The maximum Gasteiger partial charge on any atom is 0.306 e. The van der Waals surface area contributed by atoms with Crippen molar-refractivity contribution in [1.82, 2.24) is 0 Å². The molecule has 0 saturated carbocycles. The van der Waals surface area contributed by atoms with Crippen LogP contribution in [0.5, 0.6) is 0 Å². The first-order chi connectivity index (χ1) is 32.5. The summed E-state index contributed by atoms with van der Waals surface area (Å²) in [7, 11) is 0. The van der Waals surface area contributed by atoms with Crippen LogP contribution < -0.4 is 0 Å². The minimum absolute atomic E-state index is 0.0772. The second kappa shape index (κ2) is 55.2. The fraction of sp³-hybridized carbons (Fsp3) is 0.850. The van der Waals surface area contributed by atoms with Crippen LogP contribution in [0.3, 0.4) is 0 Å². The predicted molar refractivity (Wildman–Crippen MR) is 284 cm³/mol. The van der Waals surface area contributed by atoms with Crippen molar-refractivity contribution in [2.45, 2.75) is 316 Å². The number of hydrogen-bond donors (Lipinski definition) is 0. The second-order valence-electron chi connectivity index (χ2n) is 19.6. The molecule has 1 atom stereocenters. The van der Waals surface area contributed by atoms with Gasteiger partial charge in [0.15, 0.2) is 6.10 Å². The fourth-order valence-electron chi connectivity index (χ4n) is 8.49. The van der Waals surface area contributed by atoms with Crippen LogP contribution >= 0.6 is 0 Å². The molecule has 0 aromatic carbocycles. The Morgan fingerprint density at radius 1 is 0.303 bits per heavy atom. The summed E-state index contributed by atoms with van der Waals surface area (Å²) in [4.78, 5) is 38.1. The molecule has 0 aromatic heterocycles. The van der Waals surface area contributed by atoms with Crippen LogP contribution in [-0.4, -0.2) is 37.2 Å². The van der Waals surface area contributed by atoms with Crippen LogP contribution in [0, 0.1) is 0 Å². The first-order valence-electron chi connectivity index (χ1n) is 29.0. The van der Waals surface area contributed by atoms with E-state index in [0.717, 1.165) is 83.5 Å². The first kappa shape index (κ1) is 63.6. The smallest absolute Gasteiger partial charge is 0.306 e. The number of carbonyl (C=O) groups is 3. The number of allylic oxidation sites excluding steroid dienone is 6. The number of carbonyl (C=O) groups excluding carboxylic acids is 3. The van der Waals surface area contributed by atoms with Gasteiger partial charge in [0.2, 0.25) is 0 Å². The van der Waals surface area contributed by atoms with Gasteiger partial charge in [0.1, 0.15) is 13.2 Å². The highest BCUT2D eigenvalue weighted by molar-refractivity contribution is 5.71. The molecule has 1 unspecified atom stereocenters. The Kier molecular flexibility index (Phi) is 53.2. The molecule has 0 aliphatic rings. The van der Waals surface area contributed by atoms with Gasteiger partial charge >= 0.3 is 17.9 Å². The largest absolute Gasteiger partial charge is 0.462 e. The molecule has 0 aromatic rings. The van der Waals surface area contributed by atoms with Gasteiger partial charge in [-0.3, -0.25) is 14.4 Å². The van der Waals surface area contributed by atoms with Gasteiger partial charge < -0.3 is 14.2 Å². The third kappa shape index (κ3) is 52.6. The van der Waals surface area contributed by atoms with Crippen molar-refractivity contribution >= 4 is 17.9 Å². The quantitative estimate of drug-likeness (QED) is 0.0199. The third-order valence-corrected chi connectivity index (χ3v) is 12.9. The van der Waals surface area contributed by atoms with Crippen LogP contribution in [0.15, 0.2) is 36.5 Å². The molecule has 0 amide bonds. The lowest BCUT2D eigenvalue weighted by molar-refractivity contribution is -0.167. The van der Waals surface area contributed by atoms with Crippen LogP contribution in [-0.2, 0) is 28.6 Å². The molecule has 0 aliphatic carbocycles. The summed E-state index contributed by atoms with van der Waals surface area (Å²) in [6, 6.07) is 0. The van der Waals surface area contributed by atoms with E-state index >= 15 is 0 Å². The lowest BCUT2D eigenvalue weighted by Gasteiger charge is -2.18. The lowest BCUT2D eigenvalue weighted by Crippen LogP contribution is -2.30. The monoisotopic (exact) mass is 927 g/mol. The van der Waals surface area contributed by atoms with Gasteiger partial charge in [0.05, 0.1) is 0 Å². The zero-order valence-electron chi connectivity index (χ0n) is 44.2. The van der Waals surface area contributed by atoms with E-state index in [9.17, 15) is 14.4 Å². The second-order valence-corrected chi connectivity index (χ2v) is 19.6. The molecule has 0 radical (unpaired) electrons. The molecule has 386 valence electrons. The Bertz CT molecular complexity index is 1110. The van der Waals surface area contributed by atoms with Crippen LogP contribution in [0.1, 0.15) is 310 Å². The molecule has 0 bridgehead atoms. The van der Waals surface area contributed by atoms with Crippen LogP contribution in [0.4, 0.5) is 0 Å². The molecule has 6 heteroatoms. The van der Waals surface area contributed by atoms with E-state index in [0.29, 0.717) is 19.3 Å². The van der Waals surface area contributed by atoms with Crippen LogP contribution in [0.25, 0.3) is 0 Å². The Morgan fingerprint density at radius 3 is 0.848 bits per heavy atom. The van der Waals surface area contributed by atoms with Gasteiger partial charge in [-0.1, -0.05) is 256 Å². The zero-order valence-corrected chi connectivity index (χ0v) is 44.2. The van der Waals surface area contributed by atoms with Crippen molar-refractivity contribution in [2.24, 2.45) is 0 Å². The SMILES string of the molecule is CCCCCCCCC/C=C\C=C/CCCCCCCC(=O)OCC(COC(=O)CCCCCCCCCCCCCC)OC(=O)CCCCCCC/C=C\CCCCCCCCCCC. The maximum absolute atomic E-state index is 12.8. The standard InChI is InChI=1S/C60H110O6/c1-4-7-10-13-16-19-22-25-27-29-31-33-35-38-41-44-47-50-53-59(62)65-56-57(55-64-58(61)52-49-46-43-40-37-24-21-18-15-12-9-6-3)66-60(63)54-51-48-45-42-39-36-34-32-30-28-26-23-20-17-14-11-8-5-2/h27,29,31-34,57H,4-26,28,30,35-56H2,1-3H3/b29-27-,33-31-,34-32-. The molecule has 6 nitrogen and oxygen atoms in total. The minimum atomic E-state index is -0.780. The molecular weight excluding hydrogens is 817 g/mol. The minimum Gasteiger partial charge on any atom is -0.462 e. The third-order valence-electron chi connectivity index (χ3n) is 12.9. The summed E-state index contributed by atoms with van der Waals surface area (Å²) in [6.07, 6.45) is 65.6. The Balaban J connectivity index is 4.36. The predicted octanol–water partition coefficient (Wildman–Crippen LogP) is 19.3. The van der Waals surface area contributed by atoms with Gasteiger partial charge in [-0.15, -0.1) is 0 Å². The summed E-state index contributed by atoms with van der Waals surface area (Å²) in [5, 5.41) is 0. The molecular formula is C60H110O6. The van der Waals surface area contributed by atoms with Crippen molar-refractivity contribution in [3.63, 3.8) is 0 Å². The number of rotatable bonds is 53. The van der Waals surface area contributed by atoms with Crippen molar-refractivity contribution in [2.75, 3.05) is 13.2 Å². The number of hydrogen-bond acceptors (Lipinski definition) is 6. The fourth-order valence-corrected chi connectivity index (χ4v) is 8.49. The highest BCUT2D eigenvalue weighted by atomic mass is 16.6. The van der Waals surface area contributed by atoms with Gasteiger partial charge in [0, 0.05) is 19.3 Å². The lowest BCUT2D eigenvalue weighted by atomic mass is 10.0. The molecule has 0 aliphatic heterocycles. The molecule has 0 heterocycles. The van der Waals surface area contributed by atoms with Crippen molar-refractivity contribution in [3.8, 4) is 0 Å². The van der Waals surface area contributed by atoms with Crippen molar-refractivity contribution < 1.29 is 28.6 Å². The summed E-state index contributed by atoms with van der Waals surface area (Å²) in [5.74, 6) is -0.885. The average molecular weight is 928 g/mol. The van der Waals surface area contributed by atoms with E-state index in [-0.39, 0.29) is 31.1 Å². The van der Waals surface area contributed by atoms with Gasteiger partial charge in [-0.25, -0.2) is 0 Å². The summed E-state index contributed by atoms with van der Waals surface area (Å²) in [6.45, 7) is 6.65. The normalized spacial score (nSPS) is 12.2.